The van der Waals surface area contributed by atoms with Crippen molar-refractivity contribution in [3.05, 3.63) is 81.0 Å². The number of aromatic nitrogens is 4. The number of aryl methyl sites for hydroxylation is 1. The van der Waals surface area contributed by atoms with Gasteiger partial charge in [0.25, 0.3) is 5.56 Å². The van der Waals surface area contributed by atoms with Gasteiger partial charge in [0.15, 0.2) is 10.8 Å². The quantitative estimate of drug-likeness (QED) is 0.404. The van der Waals surface area contributed by atoms with Crippen LogP contribution in [0.1, 0.15) is 11.1 Å². The fraction of sp³-hybridized carbons (Fsp3) is 0.105. The normalized spacial score (nSPS) is 11.2. The van der Waals surface area contributed by atoms with Gasteiger partial charge in [0.05, 0.1) is 11.9 Å². The minimum atomic E-state index is -0.288. The van der Waals surface area contributed by atoms with Crippen molar-refractivity contribution in [2.75, 3.05) is 0 Å². The smallest absolute Gasteiger partial charge is 0.268 e. The van der Waals surface area contributed by atoms with Crippen LogP contribution in [-0.4, -0.2) is 19.7 Å². The summed E-state index contributed by atoms with van der Waals surface area (Å²) in [6, 6.07) is 11.9. The maximum Gasteiger partial charge on any atom is 0.269 e. The Bertz CT molecular complexity index is 1200. The lowest BCUT2D eigenvalue weighted by Gasteiger charge is -2.13. The van der Waals surface area contributed by atoms with E-state index in [1.54, 1.807) is 30.3 Å². The number of nitrogens with zero attached hydrogens (tertiary/aromatic N) is 3. The molecule has 4 aromatic rings. The molecule has 8 heteroatoms. The van der Waals surface area contributed by atoms with Crippen LogP contribution in [0.4, 0.5) is 4.39 Å². The third-order valence-electron chi connectivity index (χ3n) is 4.17. The zero-order chi connectivity index (χ0) is 19.0. The predicted molar refractivity (Wildman–Crippen MR) is 105 cm³/mol. The number of thioether (sulfide) groups is 1. The van der Waals surface area contributed by atoms with Crippen molar-refractivity contribution in [3.8, 4) is 5.69 Å². The average Bonchev–Trinajstić information content (AvgIpc) is 3.13. The van der Waals surface area contributed by atoms with Crippen LogP contribution in [0, 0.1) is 12.7 Å². The maximum absolute atomic E-state index is 14.0. The van der Waals surface area contributed by atoms with E-state index in [1.807, 2.05) is 13.0 Å². The largest absolute Gasteiger partial charge is 0.269 e. The molecular formula is C19H14ClFN4OS. The molecule has 136 valence electrons. The van der Waals surface area contributed by atoms with E-state index in [0.717, 1.165) is 5.56 Å². The molecule has 0 saturated heterocycles. The molecule has 0 radical (unpaired) electrons. The molecule has 0 fully saturated rings. The van der Waals surface area contributed by atoms with Crippen molar-refractivity contribution >= 4 is 34.4 Å². The summed E-state index contributed by atoms with van der Waals surface area (Å²) in [5, 5.41) is 8.09. The highest BCUT2D eigenvalue weighted by Crippen LogP contribution is 2.26. The number of fused-ring (bicyclic) bond motifs is 1. The molecule has 0 spiro atoms. The van der Waals surface area contributed by atoms with Crippen molar-refractivity contribution < 1.29 is 4.39 Å². The number of halogens is 2. The summed E-state index contributed by atoms with van der Waals surface area (Å²) in [5.41, 5.74) is 2.19. The van der Waals surface area contributed by atoms with E-state index < -0.39 is 0 Å². The molecule has 1 N–H and O–H groups in total. The number of benzene rings is 2. The number of aromatic amines is 1. The second kappa shape index (κ2) is 7.17. The Balaban J connectivity index is 1.84. The van der Waals surface area contributed by atoms with Crippen LogP contribution in [0.3, 0.4) is 0 Å². The van der Waals surface area contributed by atoms with Gasteiger partial charge in [-0.2, -0.15) is 5.10 Å². The first-order valence-corrected chi connectivity index (χ1v) is 9.50. The molecule has 4 rings (SSSR count). The predicted octanol–water partition coefficient (Wildman–Crippen LogP) is 4.50. The number of H-pyrrole nitrogens is 1. The molecule has 2 heterocycles. The lowest BCUT2D eigenvalue weighted by atomic mass is 10.2. The summed E-state index contributed by atoms with van der Waals surface area (Å²) in [7, 11) is 0. The Kier molecular flexibility index (Phi) is 4.72. The summed E-state index contributed by atoms with van der Waals surface area (Å²) in [4.78, 5) is 17.5. The average molecular weight is 401 g/mol. The van der Waals surface area contributed by atoms with Gasteiger partial charge in [-0.05, 0) is 42.3 Å². The highest BCUT2D eigenvalue weighted by atomic mass is 35.5. The highest BCUT2D eigenvalue weighted by molar-refractivity contribution is 7.98. The van der Waals surface area contributed by atoms with Gasteiger partial charge >= 0.3 is 0 Å². The van der Waals surface area contributed by atoms with Crippen molar-refractivity contribution in [2.45, 2.75) is 17.8 Å². The molecule has 0 saturated carbocycles. The number of hydrogen-bond acceptors (Lipinski definition) is 4. The monoisotopic (exact) mass is 400 g/mol. The molecule has 27 heavy (non-hydrogen) atoms. The van der Waals surface area contributed by atoms with Gasteiger partial charge in [0.2, 0.25) is 0 Å². The highest BCUT2D eigenvalue weighted by Gasteiger charge is 2.16. The molecule has 0 aliphatic heterocycles. The van der Waals surface area contributed by atoms with Crippen LogP contribution in [0.2, 0.25) is 5.02 Å². The van der Waals surface area contributed by atoms with Gasteiger partial charge in [-0.1, -0.05) is 41.6 Å². The second-order valence-corrected chi connectivity index (χ2v) is 7.33. The summed E-state index contributed by atoms with van der Waals surface area (Å²) in [6.45, 7) is 1.87. The Morgan fingerprint density at radius 2 is 2.07 bits per heavy atom. The van der Waals surface area contributed by atoms with E-state index in [9.17, 15) is 9.18 Å². The van der Waals surface area contributed by atoms with E-state index >= 15 is 0 Å². The SMILES string of the molecule is Cc1cc(-n2c(SCc3ccccc3F)nc3[nH]ncc3c2=O)ccc1Cl. The molecule has 2 aromatic carbocycles. The zero-order valence-electron chi connectivity index (χ0n) is 14.2. The van der Waals surface area contributed by atoms with Gasteiger partial charge in [-0.25, -0.2) is 9.37 Å². The molecule has 5 nitrogen and oxygen atoms in total. The molecular weight excluding hydrogens is 387 g/mol. The van der Waals surface area contributed by atoms with Crippen molar-refractivity contribution in [2.24, 2.45) is 0 Å². The lowest BCUT2D eigenvalue weighted by Crippen LogP contribution is -2.21. The minimum Gasteiger partial charge on any atom is -0.268 e. The topological polar surface area (TPSA) is 63.6 Å². The van der Waals surface area contributed by atoms with Crippen LogP contribution >= 0.6 is 23.4 Å². The molecule has 0 unspecified atom stereocenters. The number of hydrogen-bond donors (Lipinski definition) is 1. The fourth-order valence-electron chi connectivity index (χ4n) is 2.72. The molecule has 0 aliphatic rings. The molecule has 2 aromatic heterocycles. The Morgan fingerprint density at radius 1 is 1.26 bits per heavy atom. The van der Waals surface area contributed by atoms with Gasteiger partial charge in [-0.3, -0.25) is 14.5 Å². The first kappa shape index (κ1) is 17.8. The van der Waals surface area contributed by atoms with E-state index in [4.69, 9.17) is 11.6 Å². The lowest BCUT2D eigenvalue weighted by molar-refractivity contribution is 0.617. The Hall–Kier alpha value is -2.64. The van der Waals surface area contributed by atoms with Crippen LogP contribution < -0.4 is 5.56 Å². The summed E-state index contributed by atoms with van der Waals surface area (Å²) in [6.07, 6.45) is 1.45. The molecule has 0 atom stereocenters. The van der Waals surface area contributed by atoms with Gasteiger partial charge in [-0.15, -0.1) is 0 Å². The maximum atomic E-state index is 14.0. The van der Waals surface area contributed by atoms with E-state index in [1.165, 1.54) is 28.6 Å². The van der Waals surface area contributed by atoms with Crippen LogP contribution in [0.5, 0.6) is 0 Å². The van der Waals surface area contributed by atoms with E-state index in [2.05, 4.69) is 15.2 Å². The van der Waals surface area contributed by atoms with E-state index in [0.29, 0.717) is 38.2 Å². The van der Waals surface area contributed by atoms with Crippen molar-refractivity contribution in [3.63, 3.8) is 0 Å². The first-order valence-electron chi connectivity index (χ1n) is 8.13. The fourth-order valence-corrected chi connectivity index (χ4v) is 3.83. The standard InChI is InChI=1S/C19H14ClFN4OS/c1-11-8-13(6-7-15(11)20)25-18(26)14-9-22-24-17(14)23-19(25)27-10-12-4-2-3-5-16(12)21/h2-9H,10H2,1H3,(H,22,24). The zero-order valence-corrected chi connectivity index (χ0v) is 15.8. The number of nitrogens with one attached hydrogen (secondary N) is 1. The van der Waals surface area contributed by atoms with Crippen LogP contribution in [0.15, 0.2) is 58.6 Å². The summed E-state index contributed by atoms with van der Waals surface area (Å²) < 4.78 is 15.5. The molecule has 0 bridgehead atoms. The van der Waals surface area contributed by atoms with Gasteiger partial charge in [0, 0.05) is 10.8 Å². The van der Waals surface area contributed by atoms with E-state index in [-0.39, 0.29) is 11.4 Å². The van der Waals surface area contributed by atoms with Crippen LogP contribution in [0.25, 0.3) is 16.7 Å². The first-order chi connectivity index (χ1) is 13.0. The second-order valence-electron chi connectivity index (χ2n) is 5.98. The third kappa shape index (κ3) is 3.36. The minimum absolute atomic E-state index is 0.244. The Morgan fingerprint density at radius 3 is 2.85 bits per heavy atom. The third-order valence-corrected chi connectivity index (χ3v) is 5.58. The Labute approximate surface area is 163 Å². The molecule has 0 aliphatic carbocycles. The van der Waals surface area contributed by atoms with Gasteiger partial charge in [0.1, 0.15) is 11.2 Å². The van der Waals surface area contributed by atoms with Gasteiger partial charge < -0.3 is 0 Å². The van der Waals surface area contributed by atoms with Crippen LogP contribution in [-0.2, 0) is 5.75 Å². The number of rotatable bonds is 4. The van der Waals surface area contributed by atoms with Crippen molar-refractivity contribution in [1.29, 1.82) is 0 Å². The molecule has 0 amide bonds. The van der Waals surface area contributed by atoms with Crippen molar-refractivity contribution in [1.82, 2.24) is 19.7 Å². The summed E-state index contributed by atoms with van der Waals surface area (Å²) in [5.74, 6) is 0.0505. The summed E-state index contributed by atoms with van der Waals surface area (Å²) >= 11 is 7.40.